The molecule has 1 N–H and O–H groups in total. The predicted molar refractivity (Wildman–Crippen MR) is 92.7 cm³/mol. The zero-order chi connectivity index (χ0) is 16.9. The Hall–Kier alpha value is -2.10. The fourth-order valence-corrected chi connectivity index (χ4v) is 2.55. The van der Waals surface area contributed by atoms with Crippen molar-refractivity contribution in [3.05, 3.63) is 35.6 Å². The van der Waals surface area contributed by atoms with Gasteiger partial charge >= 0.3 is 0 Å². The predicted octanol–water partition coefficient (Wildman–Crippen LogP) is 4.77. The second kappa shape index (κ2) is 7.44. The Bertz CT molecular complexity index is 612. The van der Waals surface area contributed by atoms with Gasteiger partial charge in [0.15, 0.2) is 5.78 Å². The van der Waals surface area contributed by atoms with Crippen molar-refractivity contribution in [2.75, 3.05) is 6.61 Å². The Kier molecular flexibility index (Phi) is 5.59. The molecule has 1 aliphatic carbocycles. The van der Waals surface area contributed by atoms with Gasteiger partial charge in [-0.15, -0.1) is 0 Å². The normalized spacial score (nSPS) is 17.8. The molecule has 0 amide bonds. The molecule has 1 aromatic rings. The van der Waals surface area contributed by atoms with Gasteiger partial charge in [-0.05, 0) is 36.1 Å². The van der Waals surface area contributed by atoms with Gasteiger partial charge in [0.25, 0.3) is 0 Å². The maximum atomic E-state index is 12.1. The smallest absolute Gasteiger partial charge is 0.168 e. The molecule has 0 unspecified atom stereocenters. The van der Waals surface area contributed by atoms with E-state index in [0.29, 0.717) is 25.0 Å². The summed E-state index contributed by atoms with van der Waals surface area (Å²) < 4.78 is 5.60. The highest BCUT2D eigenvalue weighted by Crippen LogP contribution is 2.35. The molecule has 0 spiro atoms. The van der Waals surface area contributed by atoms with Crippen LogP contribution in [0.1, 0.15) is 46.5 Å². The third kappa shape index (κ3) is 4.95. The van der Waals surface area contributed by atoms with Crippen LogP contribution in [0.4, 0.5) is 5.69 Å². The fraction of sp³-hybridized carbons (Fsp3) is 0.474. The molecule has 0 saturated heterocycles. The van der Waals surface area contributed by atoms with E-state index >= 15 is 0 Å². The number of aliphatic hydroxyl groups excluding tert-OH is 1. The summed E-state index contributed by atoms with van der Waals surface area (Å²) in [4.78, 5) is 16.4. The van der Waals surface area contributed by atoms with Crippen LogP contribution < -0.4 is 4.74 Å². The SMILES string of the molecule is CCCCOc1ccc(N=CC2=C(O)CC(C)(C)CC2=O)cc1. The first kappa shape index (κ1) is 17.3. The van der Waals surface area contributed by atoms with E-state index in [0.717, 1.165) is 24.3 Å². The van der Waals surface area contributed by atoms with Gasteiger partial charge in [0.05, 0.1) is 17.9 Å². The third-order valence-electron chi connectivity index (χ3n) is 3.84. The summed E-state index contributed by atoms with van der Waals surface area (Å²) in [6.07, 6.45) is 4.55. The van der Waals surface area contributed by atoms with Crippen LogP contribution in [0.2, 0.25) is 0 Å². The van der Waals surface area contributed by atoms with Gasteiger partial charge in [-0.25, -0.2) is 0 Å². The van der Waals surface area contributed by atoms with Crippen LogP contribution in [0.15, 0.2) is 40.6 Å². The molecule has 0 atom stereocenters. The van der Waals surface area contributed by atoms with Gasteiger partial charge in [0.2, 0.25) is 0 Å². The van der Waals surface area contributed by atoms with Crippen LogP contribution in [0.3, 0.4) is 0 Å². The Morgan fingerprint density at radius 3 is 2.57 bits per heavy atom. The number of allylic oxidation sites excluding steroid dienone is 2. The van der Waals surface area contributed by atoms with Crippen LogP contribution in [0, 0.1) is 5.41 Å². The van der Waals surface area contributed by atoms with E-state index in [2.05, 4.69) is 11.9 Å². The van der Waals surface area contributed by atoms with Crippen molar-refractivity contribution >= 4 is 17.7 Å². The minimum atomic E-state index is -0.185. The average Bonchev–Trinajstić information content (AvgIpc) is 2.47. The second-order valence-electron chi connectivity index (χ2n) is 6.76. The third-order valence-corrected chi connectivity index (χ3v) is 3.84. The Morgan fingerprint density at radius 2 is 1.96 bits per heavy atom. The lowest BCUT2D eigenvalue weighted by molar-refractivity contribution is -0.117. The molecular formula is C19H25NO3. The van der Waals surface area contributed by atoms with Crippen molar-refractivity contribution in [1.82, 2.24) is 0 Å². The molecule has 0 heterocycles. The number of carbonyl (C=O) groups is 1. The van der Waals surface area contributed by atoms with Crippen molar-refractivity contribution < 1.29 is 14.6 Å². The summed E-state index contributed by atoms with van der Waals surface area (Å²) in [5.74, 6) is 0.895. The fourth-order valence-electron chi connectivity index (χ4n) is 2.55. The number of ketones is 1. The van der Waals surface area contributed by atoms with E-state index in [1.54, 1.807) is 0 Å². The van der Waals surface area contributed by atoms with Crippen molar-refractivity contribution in [2.24, 2.45) is 10.4 Å². The van der Waals surface area contributed by atoms with E-state index in [1.807, 2.05) is 38.1 Å². The maximum absolute atomic E-state index is 12.1. The maximum Gasteiger partial charge on any atom is 0.168 e. The Balaban J connectivity index is 2.04. The van der Waals surface area contributed by atoms with Crippen molar-refractivity contribution in [3.8, 4) is 5.75 Å². The molecule has 0 aliphatic heterocycles. The summed E-state index contributed by atoms with van der Waals surface area (Å²) in [6, 6.07) is 7.41. The number of Topliss-reactive ketones (excluding diaryl/α,β-unsaturated/α-hetero) is 1. The van der Waals surface area contributed by atoms with Gasteiger partial charge in [-0.1, -0.05) is 27.2 Å². The lowest BCUT2D eigenvalue weighted by Gasteiger charge is -2.28. The van der Waals surface area contributed by atoms with E-state index < -0.39 is 0 Å². The Labute approximate surface area is 137 Å². The number of rotatable bonds is 6. The molecule has 4 nitrogen and oxygen atoms in total. The molecule has 2 rings (SSSR count). The first-order valence-corrected chi connectivity index (χ1v) is 8.13. The average molecular weight is 315 g/mol. The monoisotopic (exact) mass is 315 g/mol. The largest absolute Gasteiger partial charge is 0.511 e. The minimum absolute atomic E-state index is 0.0537. The molecule has 1 aromatic carbocycles. The lowest BCUT2D eigenvalue weighted by atomic mass is 9.77. The summed E-state index contributed by atoms with van der Waals surface area (Å²) in [7, 11) is 0. The summed E-state index contributed by atoms with van der Waals surface area (Å²) in [5.41, 5.74) is 0.870. The summed E-state index contributed by atoms with van der Waals surface area (Å²) in [5, 5.41) is 10.1. The van der Waals surface area contributed by atoms with E-state index in [4.69, 9.17) is 4.74 Å². The van der Waals surface area contributed by atoms with Gasteiger partial charge in [-0.2, -0.15) is 0 Å². The number of nitrogens with zero attached hydrogens (tertiary/aromatic N) is 1. The second-order valence-corrected chi connectivity index (χ2v) is 6.76. The number of hydrogen-bond donors (Lipinski definition) is 1. The van der Waals surface area contributed by atoms with Gasteiger partial charge in [0, 0.05) is 19.1 Å². The zero-order valence-corrected chi connectivity index (χ0v) is 14.1. The first-order chi connectivity index (χ1) is 10.9. The van der Waals surface area contributed by atoms with Gasteiger partial charge in [-0.3, -0.25) is 9.79 Å². The molecule has 0 aromatic heterocycles. The highest BCUT2D eigenvalue weighted by atomic mass is 16.5. The summed E-state index contributed by atoms with van der Waals surface area (Å²) in [6.45, 7) is 6.79. The number of aliphatic imine (C=N–C) groups is 1. The molecule has 4 heteroatoms. The molecule has 124 valence electrons. The molecule has 0 fully saturated rings. The van der Waals surface area contributed by atoms with Gasteiger partial charge < -0.3 is 9.84 Å². The molecule has 0 radical (unpaired) electrons. The first-order valence-electron chi connectivity index (χ1n) is 8.13. The number of hydrogen-bond acceptors (Lipinski definition) is 4. The quantitative estimate of drug-likeness (QED) is 0.607. The van der Waals surface area contributed by atoms with E-state index in [-0.39, 0.29) is 17.0 Å². The molecule has 0 saturated carbocycles. The molecule has 1 aliphatic rings. The van der Waals surface area contributed by atoms with Crippen LogP contribution in [-0.4, -0.2) is 23.7 Å². The summed E-state index contributed by atoms with van der Waals surface area (Å²) >= 11 is 0. The topological polar surface area (TPSA) is 58.9 Å². The molecular weight excluding hydrogens is 290 g/mol. The number of ether oxygens (including phenoxy) is 1. The van der Waals surface area contributed by atoms with Crippen molar-refractivity contribution in [3.63, 3.8) is 0 Å². The number of carbonyl (C=O) groups excluding carboxylic acids is 1. The number of unbranched alkanes of at least 4 members (excludes halogenated alkanes) is 1. The van der Waals surface area contributed by atoms with Crippen LogP contribution in [-0.2, 0) is 4.79 Å². The van der Waals surface area contributed by atoms with Crippen molar-refractivity contribution in [2.45, 2.75) is 46.5 Å². The Morgan fingerprint density at radius 1 is 1.26 bits per heavy atom. The van der Waals surface area contributed by atoms with Gasteiger partial charge in [0.1, 0.15) is 11.5 Å². The highest BCUT2D eigenvalue weighted by molar-refractivity contribution is 6.14. The number of aliphatic hydroxyl groups is 1. The standard InChI is InChI=1S/C19H25NO3/c1-4-5-10-23-15-8-6-14(7-9-15)20-13-16-17(21)11-19(2,3)12-18(16)22/h6-9,13,21H,4-5,10-12H2,1-3H3. The van der Waals surface area contributed by atoms with Crippen LogP contribution in [0.25, 0.3) is 0 Å². The minimum Gasteiger partial charge on any atom is -0.511 e. The lowest BCUT2D eigenvalue weighted by Crippen LogP contribution is -2.26. The molecule has 23 heavy (non-hydrogen) atoms. The van der Waals surface area contributed by atoms with E-state index in [9.17, 15) is 9.90 Å². The van der Waals surface area contributed by atoms with E-state index in [1.165, 1.54) is 6.21 Å². The highest BCUT2D eigenvalue weighted by Gasteiger charge is 2.32. The van der Waals surface area contributed by atoms with Crippen molar-refractivity contribution in [1.29, 1.82) is 0 Å². The number of benzene rings is 1. The zero-order valence-electron chi connectivity index (χ0n) is 14.1. The van der Waals surface area contributed by atoms with Crippen LogP contribution in [0.5, 0.6) is 5.75 Å². The molecule has 0 bridgehead atoms. The van der Waals surface area contributed by atoms with Crippen LogP contribution >= 0.6 is 0 Å².